The van der Waals surface area contributed by atoms with Gasteiger partial charge in [-0.25, -0.2) is 0 Å². The standard InChI is InChI=1S/C30H40ClIN4O2/c1-2-22(23-8-4-3-5-9-23)21-36-17-12-26(34-28(30(36)38)13-16-35-14-6-7-15-35)20-33-29(37)24-10-11-27(31)25(18-24)19-32/h3-5,8-11,18,22,26,28,34H,2,6-7,12-17,19-21H2,1H3,(H,33,37)/t22-,26+,28+/m1/s1. The van der Waals surface area contributed by atoms with Crippen LogP contribution in [0, 0.1) is 0 Å². The van der Waals surface area contributed by atoms with Gasteiger partial charge in [0.25, 0.3) is 5.91 Å². The summed E-state index contributed by atoms with van der Waals surface area (Å²) in [5.74, 6) is 0.398. The number of carbonyl (C=O) groups excluding carboxylic acids is 2. The molecule has 2 aromatic rings. The van der Waals surface area contributed by atoms with E-state index >= 15 is 0 Å². The SMILES string of the molecule is CC[C@H](CN1CC[C@@H](CNC(=O)c2ccc(Cl)c(CI)c2)N[C@@H](CCN2CCCC2)C1=O)c1ccccc1. The molecular weight excluding hydrogens is 611 g/mol. The molecule has 38 heavy (non-hydrogen) atoms. The minimum absolute atomic E-state index is 0.0321. The molecule has 2 aromatic carbocycles. The van der Waals surface area contributed by atoms with Crippen LogP contribution in [0.3, 0.4) is 0 Å². The van der Waals surface area contributed by atoms with Crippen molar-refractivity contribution in [3.05, 3.63) is 70.2 Å². The zero-order valence-corrected chi connectivity index (χ0v) is 25.2. The number of likely N-dealkylation sites (tertiary alicyclic amines) is 1. The smallest absolute Gasteiger partial charge is 0.251 e. The second-order valence-electron chi connectivity index (χ2n) is 10.5. The average Bonchev–Trinajstić information content (AvgIpc) is 3.42. The number of nitrogens with zero attached hydrogens (tertiary/aromatic N) is 2. The number of benzene rings is 2. The Balaban J connectivity index is 1.43. The molecule has 4 rings (SSSR count). The van der Waals surface area contributed by atoms with Gasteiger partial charge in [-0.1, -0.05) is 71.4 Å². The van der Waals surface area contributed by atoms with Gasteiger partial charge >= 0.3 is 0 Å². The van der Waals surface area contributed by atoms with Crippen molar-refractivity contribution in [3.8, 4) is 0 Å². The van der Waals surface area contributed by atoms with Gasteiger partial charge in [-0.15, -0.1) is 0 Å². The van der Waals surface area contributed by atoms with E-state index in [0.29, 0.717) is 29.6 Å². The summed E-state index contributed by atoms with van der Waals surface area (Å²) < 4.78 is 0.750. The highest BCUT2D eigenvalue weighted by Gasteiger charge is 2.32. The van der Waals surface area contributed by atoms with E-state index in [1.54, 1.807) is 12.1 Å². The van der Waals surface area contributed by atoms with E-state index in [2.05, 4.69) is 74.2 Å². The van der Waals surface area contributed by atoms with Crippen molar-refractivity contribution in [2.75, 3.05) is 39.3 Å². The van der Waals surface area contributed by atoms with E-state index in [-0.39, 0.29) is 23.9 Å². The first-order chi connectivity index (χ1) is 18.5. The molecule has 2 aliphatic rings. The van der Waals surface area contributed by atoms with Gasteiger partial charge < -0.3 is 20.4 Å². The summed E-state index contributed by atoms with van der Waals surface area (Å²) in [4.78, 5) is 31.2. The Morgan fingerprint density at radius 3 is 2.63 bits per heavy atom. The van der Waals surface area contributed by atoms with Crippen LogP contribution in [0.15, 0.2) is 48.5 Å². The quantitative estimate of drug-likeness (QED) is 0.258. The normalized spacial score (nSPS) is 21.3. The van der Waals surface area contributed by atoms with Crippen LogP contribution in [0.1, 0.15) is 66.4 Å². The molecule has 0 radical (unpaired) electrons. The van der Waals surface area contributed by atoms with Gasteiger partial charge in [0.2, 0.25) is 5.91 Å². The molecule has 6 nitrogen and oxygen atoms in total. The number of alkyl halides is 1. The van der Waals surface area contributed by atoms with Gasteiger partial charge in [0, 0.05) is 53.2 Å². The summed E-state index contributed by atoms with van der Waals surface area (Å²) in [6.45, 7) is 7.27. The van der Waals surface area contributed by atoms with Crippen LogP contribution in [0.4, 0.5) is 0 Å². The molecule has 0 bridgehead atoms. The third-order valence-electron chi connectivity index (χ3n) is 7.89. The van der Waals surface area contributed by atoms with Crippen molar-refractivity contribution in [2.45, 2.75) is 61.5 Å². The minimum atomic E-state index is -0.241. The van der Waals surface area contributed by atoms with Gasteiger partial charge in [-0.05, 0) is 74.5 Å². The largest absolute Gasteiger partial charge is 0.350 e. The first kappa shape index (κ1) is 29.3. The zero-order chi connectivity index (χ0) is 26.9. The van der Waals surface area contributed by atoms with Crippen LogP contribution >= 0.6 is 34.2 Å². The first-order valence-electron chi connectivity index (χ1n) is 13.9. The number of hydrogen-bond acceptors (Lipinski definition) is 4. The molecule has 8 heteroatoms. The molecule has 0 spiro atoms. The van der Waals surface area contributed by atoms with Crippen LogP contribution in [-0.4, -0.2) is 73.0 Å². The molecule has 2 amide bonds. The summed E-state index contributed by atoms with van der Waals surface area (Å²) in [6.07, 6.45) is 5.06. The van der Waals surface area contributed by atoms with E-state index in [1.165, 1.54) is 18.4 Å². The first-order valence-corrected chi connectivity index (χ1v) is 15.8. The van der Waals surface area contributed by atoms with Crippen LogP contribution in [0.25, 0.3) is 0 Å². The van der Waals surface area contributed by atoms with Crippen LogP contribution in [0.5, 0.6) is 0 Å². The van der Waals surface area contributed by atoms with Crippen molar-refractivity contribution in [1.29, 1.82) is 0 Å². The zero-order valence-electron chi connectivity index (χ0n) is 22.3. The van der Waals surface area contributed by atoms with Crippen LogP contribution < -0.4 is 10.6 Å². The number of carbonyl (C=O) groups is 2. The minimum Gasteiger partial charge on any atom is -0.350 e. The Morgan fingerprint density at radius 1 is 1.16 bits per heavy atom. The lowest BCUT2D eigenvalue weighted by Crippen LogP contribution is -2.50. The van der Waals surface area contributed by atoms with Crippen molar-refractivity contribution < 1.29 is 9.59 Å². The van der Waals surface area contributed by atoms with Gasteiger partial charge in [0.1, 0.15) is 0 Å². The summed E-state index contributed by atoms with van der Waals surface area (Å²) in [5, 5.41) is 7.42. The Kier molecular flexibility index (Phi) is 11.3. The molecule has 0 saturated carbocycles. The average molecular weight is 651 g/mol. The number of hydrogen-bond donors (Lipinski definition) is 2. The van der Waals surface area contributed by atoms with Gasteiger partial charge in [-0.3, -0.25) is 9.59 Å². The number of nitrogens with one attached hydrogen (secondary N) is 2. The lowest BCUT2D eigenvalue weighted by molar-refractivity contribution is -0.133. The highest BCUT2D eigenvalue weighted by Crippen LogP contribution is 2.23. The molecule has 0 aliphatic carbocycles. The fourth-order valence-electron chi connectivity index (χ4n) is 5.55. The van der Waals surface area contributed by atoms with Gasteiger partial charge in [-0.2, -0.15) is 0 Å². The van der Waals surface area contributed by atoms with Crippen molar-refractivity contribution >= 4 is 46.0 Å². The van der Waals surface area contributed by atoms with Crippen molar-refractivity contribution in [2.24, 2.45) is 0 Å². The predicted molar refractivity (Wildman–Crippen MR) is 163 cm³/mol. The van der Waals surface area contributed by atoms with E-state index in [9.17, 15) is 9.59 Å². The molecule has 0 unspecified atom stereocenters. The van der Waals surface area contributed by atoms with Gasteiger partial charge in [0.15, 0.2) is 0 Å². The fraction of sp³-hybridized carbons (Fsp3) is 0.533. The Bertz CT molecular complexity index is 1060. The second kappa shape index (κ2) is 14.6. The molecule has 2 N–H and O–H groups in total. The molecule has 0 aromatic heterocycles. The van der Waals surface area contributed by atoms with Crippen molar-refractivity contribution in [3.63, 3.8) is 0 Å². The second-order valence-corrected chi connectivity index (χ2v) is 11.7. The van der Waals surface area contributed by atoms with E-state index in [0.717, 1.165) is 55.4 Å². The lowest BCUT2D eigenvalue weighted by Gasteiger charge is -2.29. The number of halogens is 2. The third kappa shape index (κ3) is 7.93. The van der Waals surface area contributed by atoms with Gasteiger partial charge in [0.05, 0.1) is 6.04 Å². The summed E-state index contributed by atoms with van der Waals surface area (Å²) in [6, 6.07) is 15.7. The highest BCUT2D eigenvalue weighted by atomic mass is 127. The maximum absolute atomic E-state index is 13.8. The van der Waals surface area contributed by atoms with Crippen LogP contribution in [0.2, 0.25) is 5.02 Å². The van der Waals surface area contributed by atoms with E-state index < -0.39 is 0 Å². The monoisotopic (exact) mass is 650 g/mol. The molecule has 2 saturated heterocycles. The molecule has 206 valence electrons. The molecule has 2 fully saturated rings. The molecule has 2 heterocycles. The number of amides is 2. The Labute approximate surface area is 246 Å². The Hall–Kier alpha value is -1.68. The van der Waals surface area contributed by atoms with E-state index in [1.807, 2.05) is 12.1 Å². The van der Waals surface area contributed by atoms with Crippen LogP contribution in [-0.2, 0) is 9.22 Å². The molecule has 2 aliphatic heterocycles. The summed E-state index contributed by atoms with van der Waals surface area (Å²) in [7, 11) is 0. The Morgan fingerprint density at radius 2 is 1.92 bits per heavy atom. The summed E-state index contributed by atoms with van der Waals surface area (Å²) >= 11 is 8.49. The van der Waals surface area contributed by atoms with E-state index in [4.69, 9.17) is 11.6 Å². The summed E-state index contributed by atoms with van der Waals surface area (Å²) in [5.41, 5.74) is 2.86. The molecule has 3 atom stereocenters. The topological polar surface area (TPSA) is 64.7 Å². The molecular formula is C30H40ClIN4O2. The third-order valence-corrected chi connectivity index (χ3v) is 9.08. The maximum Gasteiger partial charge on any atom is 0.251 e. The lowest BCUT2D eigenvalue weighted by atomic mass is 9.95. The highest BCUT2D eigenvalue weighted by molar-refractivity contribution is 14.1. The maximum atomic E-state index is 13.8. The number of rotatable bonds is 11. The fourth-order valence-corrected chi connectivity index (χ4v) is 6.59. The predicted octanol–water partition coefficient (Wildman–Crippen LogP) is 5.24. The van der Waals surface area contributed by atoms with Crippen molar-refractivity contribution in [1.82, 2.24) is 20.4 Å².